The Hall–Kier alpha value is -5.35. The number of benzene rings is 1. The highest BCUT2D eigenvalue weighted by Gasteiger charge is 2.64. The molecule has 1 N–H and O–H groups in total. The number of anilines is 1. The number of likely N-dealkylation sites (N-methyl/N-ethyl adjacent to an activating group) is 1. The Labute approximate surface area is 439 Å². The van der Waals surface area contributed by atoms with Gasteiger partial charge in [0.15, 0.2) is 0 Å². The topological polar surface area (TPSA) is 245 Å². The number of hydrogen-bond donors (Lipinski definition) is 1. The number of aliphatic hydroxyl groups is 1. The molecule has 1 saturated carbocycles. The Morgan fingerprint density at radius 1 is 1.00 bits per heavy atom. The SMILES string of the molecule is COc1cc2cc(c1Cl)N(C)C(=O)C[C@H](OC(=O)[C@H](C)N(C)C(=O)CCSC1CC(=O)N(CC3CCC(C(=O)ON4C(=O)CCC4=O)CC3)C1=O)[C@]1(C)O[C@H]1[C@H](C)[C@@H]1C[C@@](O)(CC(=O)O1)[C@H](OC)/C=C/C=C(\C)C2. The van der Waals surface area contributed by atoms with Crippen molar-refractivity contribution in [2.24, 2.45) is 17.8 Å². The molecule has 404 valence electrons. The minimum absolute atomic E-state index is 0.00121. The van der Waals surface area contributed by atoms with Gasteiger partial charge in [-0.25, -0.2) is 9.59 Å². The molecule has 1 aromatic rings. The number of thioether (sulfide) groups is 1. The van der Waals surface area contributed by atoms with Crippen LogP contribution in [0.2, 0.25) is 5.02 Å². The van der Waals surface area contributed by atoms with E-state index in [2.05, 4.69) is 0 Å². The predicted octanol–water partition coefficient (Wildman–Crippen LogP) is 4.43. The summed E-state index contributed by atoms with van der Waals surface area (Å²) in [5.41, 5.74) is -0.914. The van der Waals surface area contributed by atoms with Crippen LogP contribution < -0.4 is 9.64 Å². The van der Waals surface area contributed by atoms with Crippen molar-refractivity contribution in [3.8, 4) is 5.75 Å². The van der Waals surface area contributed by atoms with Crippen molar-refractivity contribution < 1.29 is 76.8 Å². The number of allylic oxidation sites excluding steroid dienone is 3. The first-order valence-electron chi connectivity index (χ1n) is 25.1. The number of halogens is 1. The van der Waals surface area contributed by atoms with Gasteiger partial charge in [0.05, 0.1) is 42.9 Å². The largest absolute Gasteiger partial charge is 0.495 e. The van der Waals surface area contributed by atoms with E-state index >= 15 is 0 Å². The number of methoxy groups -OCH3 is 2. The van der Waals surface area contributed by atoms with Crippen LogP contribution in [0.3, 0.4) is 0 Å². The predicted molar refractivity (Wildman–Crippen MR) is 267 cm³/mol. The molecule has 20 nitrogen and oxygen atoms in total. The van der Waals surface area contributed by atoms with Crippen LogP contribution in [0.1, 0.15) is 104 Å². The summed E-state index contributed by atoms with van der Waals surface area (Å²) in [6, 6.07) is 2.39. The van der Waals surface area contributed by atoms with Gasteiger partial charge in [0, 0.05) is 71.5 Å². The van der Waals surface area contributed by atoms with Crippen LogP contribution in [-0.2, 0) is 73.4 Å². The highest BCUT2D eigenvalue weighted by molar-refractivity contribution is 8.00. The second kappa shape index (κ2) is 23.3. The van der Waals surface area contributed by atoms with Crippen LogP contribution in [0.15, 0.2) is 35.9 Å². The van der Waals surface area contributed by atoms with Crippen molar-refractivity contribution in [3.63, 3.8) is 0 Å². The number of esters is 2. The van der Waals surface area contributed by atoms with E-state index in [0.717, 1.165) is 11.1 Å². The zero-order valence-electron chi connectivity index (χ0n) is 43.1. The molecule has 22 heteroatoms. The van der Waals surface area contributed by atoms with E-state index in [4.69, 9.17) is 40.1 Å². The third kappa shape index (κ3) is 12.3. The summed E-state index contributed by atoms with van der Waals surface area (Å²) >= 11 is 7.99. The molecule has 9 atom stereocenters. The lowest BCUT2D eigenvalue weighted by atomic mass is 9.78. The fourth-order valence-corrected chi connectivity index (χ4v) is 12.0. The van der Waals surface area contributed by atoms with Gasteiger partial charge in [-0.15, -0.1) is 16.8 Å². The Kier molecular flexibility index (Phi) is 17.7. The third-order valence-corrected chi connectivity index (χ3v) is 17.0. The molecule has 1 aliphatic carbocycles. The Balaban J connectivity index is 0.986. The molecule has 0 aromatic heterocycles. The molecule has 5 aliphatic heterocycles. The number of fused-ring (bicyclic) bond motifs is 5. The van der Waals surface area contributed by atoms with E-state index in [-0.39, 0.29) is 80.0 Å². The zero-order chi connectivity index (χ0) is 54.0. The van der Waals surface area contributed by atoms with Crippen LogP contribution in [0.25, 0.3) is 0 Å². The number of epoxide rings is 1. The number of nitrogens with zero attached hydrogens (tertiary/aromatic N) is 4. The van der Waals surface area contributed by atoms with E-state index in [1.54, 1.807) is 45.2 Å². The van der Waals surface area contributed by atoms with Crippen molar-refractivity contribution in [1.29, 1.82) is 0 Å². The van der Waals surface area contributed by atoms with Gasteiger partial charge in [-0.3, -0.25) is 38.5 Å². The highest BCUT2D eigenvalue weighted by atomic mass is 35.5. The fourth-order valence-electron chi connectivity index (χ4n) is 10.6. The van der Waals surface area contributed by atoms with Crippen molar-refractivity contribution >= 4 is 82.4 Å². The Morgan fingerprint density at radius 3 is 2.35 bits per heavy atom. The lowest BCUT2D eigenvalue weighted by molar-refractivity contribution is -0.201. The molecule has 74 heavy (non-hydrogen) atoms. The average molecular weight is 1070 g/mol. The summed E-state index contributed by atoms with van der Waals surface area (Å²) in [7, 11) is 5.90. The normalized spacial score (nSPS) is 32.3. The summed E-state index contributed by atoms with van der Waals surface area (Å²) in [5, 5.41) is 12.0. The molecule has 6 aliphatic rings. The molecular weight excluding hydrogens is 1000 g/mol. The number of hydroxylamine groups is 2. The molecule has 0 spiro atoms. The monoisotopic (exact) mass is 1070 g/mol. The first-order chi connectivity index (χ1) is 35.0. The van der Waals surface area contributed by atoms with Gasteiger partial charge in [0.1, 0.15) is 46.3 Å². The molecule has 5 fully saturated rings. The number of carbonyl (C=O) groups is 9. The van der Waals surface area contributed by atoms with Crippen molar-refractivity contribution in [2.75, 3.05) is 45.5 Å². The highest BCUT2D eigenvalue weighted by Crippen LogP contribution is 2.50. The zero-order valence-corrected chi connectivity index (χ0v) is 44.7. The summed E-state index contributed by atoms with van der Waals surface area (Å²) in [6.07, 6.45) is 3.11. The number of amides is 6. The molecular formula is C52H67ClN4O16S. The van der Waals surface area contributed by atoms with Crippen molar-refractivity contribution in [2.45, 2.75) is 152 Å². The van der Waals surface area contributed by atoms with Crippen molar-refractivity contribution in [1.82, 2.24) is 14.9 Å². The first-order valence-corrected chi connectivity index (χ1v) is 26.5. The average Bonchev–Trinajstić information content (AvgIpc) is 3.87. The minimum atomic E-state index is -1.64. The second-order valence-electron chi connectivity index (χ2n) is 20.6. The molecule has 5 heterocycles. The van der Waals surface area contributed by atoms with Gasteiger partial charge in [-0.2, -0.15) is 0 Å². The molecule has 6 amide bonds. The van der Waals surface area contributed by atoms with Crippen LogP contribution in [-0.4, -0.2) is 161 Å². The number of likely N-dealkylation sites (tertiary alicyclic amines) is 1. The lowest BCUT2D eigenvalue weighted by Gasteiger charge is -2.41. The van der Waals surface area contributed by atoms with Crippen LogP contribution in [0.5, 0.6) is 5.75 Å². The van der Waals surface area contributed by atoms with E-state index < -0.39 is 100 Å². The minimum Gasteiger partial charge on any atom is -0.495 e. The lowest BCUT2D eigenvalue weighted by Crippen LogP contribution is -2.53. The maximum atomic E-state index is 14.4. The van der Waals surface area contributed by atoms with E-state index in [1.165, 1.54) is 54.7 Å². The van der Waals surface area contributed by atoms with Gasteiger partial charge >= 0.3 is 17.9 Å². The fraction of sp³-hybridized carbons (Fsp3) is 0.635. The van der Waals surface area contributed by atoms with E-state index in [1.807, 2.05) is 13.0 Å². The smallest absolute Gasteiger partial charge is 0.336 e. The summed E-state index contributed by atoms with van der Waals surface area (Å²) in [6.45, 7) is 7.06. The number of carbonyl (C=O) groups excluding carboxylic acids is 9. The van der Waals surface area contributed by atoms with Gasteiger partial charge in [-0.05, 0) is 76.5 Å². The number of rotatable bonds is 13. The summed E-state index contributed by atoms with van der Waals surface area (Å²) in [5.74, 6) is -5.47. The van der Waals surface area contributed by atoms with Crippen LogP contribution in [0.4, 0.5) is 5.69 Å². The maximum absolute atomic E-state index is 14.4. The molecule has 1 aromatic carbocycles. The first kappa shape index (κ1) is 56.4. The standard InChI is InChI=1S/C52H67ClN4O16S/c1-28-10-9-11-38(69-8)52(67)25-36(70-45(63)26-52)29(2)47-51(4,72-47)39(24-43(61)55(6)34-21-32(20-28)22-35(68-7)46(34)53)71-49(65)30(3)54(5)40(58)18-19-74-37-23-44(62)56(48(37)64)27-31-12-14-33(15-13-31)50(66)73-57-41(59)16-17-42(57)60/h9-11,21-22,29-31,33,36-39,47,67H,12-20,23-27H2,1-8H3/b11-9+,28-10+/t29-,30+,31?,33?,36+,37?,38-,39+,47+,51+,52-/m1/s1. The maximum Gasteiger partial charge on any atom is 0.336 e. The quantitative estimate of drug-likeness (QED) is 0.163. The van der Waals surface area contributed by atoms with Gasteiger partial charge in [-0.1, -0.05) is 42.3 Å². The summed E-state index contributed by atoms with van der Waals surface area (Å²) in [4.78, 5) is 127. The van der Waals surface area contributed by atoms with E-state index in [9.17, 15) is 48.3 Å². The van der Waals surface area contributed by atoms with Gasteiger partial charge in [0.2, 0.25) is 23.6 Å². The molecule has 1 unspecified atom stereocenters. The molecule has 7 rings (SSSR count). The number of ether oxygens (including phenoxy) is 5. The second-order valence-corrected chi connectivity index (χ2v) is 22.3. The van der Waals surface area contributed by atoms with Gasteiger partial charge < -0.3 is 43.4 Å². The Morgan fingerprint density at radius 2 is 1.69 bits per heavy atom. The van der Waals surface area contributed by atoms with Crippen LogP contribution >= 0.6 is 23.4 Å². The third-order valence-electron chi connectivity index (χ3n) is 15.4. The molecule has 4 saturated heterocycles. The molecule has 0 radical (unpaired) electrons. The van der Waals surface area contributed by atoms with Crippen LogP contribution in [0, 0.1) is 17.8 Å². The van der Waals surface area contributed by atoms with Crippen molar-refractivity contribution in [3.05, 3.63) is 46.5 Å². The number of hydrogen-bond acceptors (Lipinski definition) is 17. The van der Waals surface area contributed by atoms with Gasteiger partial charge in [0.25, 0.3) is 11.8 Å². The molecule has 4 bridgehead atoms. The number of imide groups is 2. The summed E-state index contributed by atoms with van der Waals surface area (Å²) < 4.78 is 29.6. The Bertz CT molecular complexity index is 2460. The van der Waals surface area contributed by atoms with E-state index in [0.29, 0.717) is 48.6 Å².